The average Bonchev–Trinajstić information content (AvgIpc) is 2.61. The van der Waals surface area contributed by atoms with Crippen molar-refractivity contribution < 1.29 is 17.9 Å². The molecular weight excluding hydrogens is 360 g/mol. The van der Waals surface area contributed by atoms with Crippen LogP contribution in [0.3, 0.4) is 0 Å². The van der Waals surface area contributed by atoms with Gasteiger partial charge in [-0.3, -0.25) is 4.79 Å². The Bertz CT molecular complexity index is 913. The van der Waals surface area contributed by atoms with Gasteiger partial charge in [-0.05, 0) is 42.8 Å². The number of hydrogen-bond donors (Lipinski definition) is 2. The summed E-state index contributed by atoms with van der Waals surface area (Å²) in [5.74, 6) is 0.538. The van der Waals surface area contributed by atoms with Gasteiger partial charge in [0.15, 0.2) is 0 Å². The van der Waals surface area contributed by atoms with E-state index in [1.807, 2.05) is 13.0 Å². The second-order valence-electron chi connectivity index (χ2n) is 5.58. The van der Waals surface area contributed by atoms with Gasteiger partial charge in [0, 0.05) is 11.4 Å². The highest BCUT2D eigenvalue weighted by molar-refractivity contribution is 8.01. The molecule has 0 aliphatic carbocycles. The lowest BCUT2D eigenvalue weighted by Gasteiger charge is -2.21. The topological polar surface area (TPSA) is 84.5 Å². The van der Waals surface area contributed by atoms with E-state index in [9.17, 15) is 13.2 Å². The standard InChI is InChI=1S/C17H18N2O4S2/c1-11-17(20)19-15-9-14(6-7-16(15)24-11)25(21,22)18-10-12-4-3-5-13(8-12)23-2/h3-9,11,18H,10H2,1-2H3,(H,19,20)/t11-/m0/s1. The Balaban J connectivity index is 1.78. The summed E-state index contributed by atoms with van der Waals surface area (Å²) in [6.07, 6.45) is 0. The zero-order chi connectivity index (χ0) is 18.0. The summed E-state index contributed by atoms with van der Waals surface area (Å²) in [6.45, 7) is 1.96. The first-order valence-electron chi connectivity index (χ1n) is 7.63. The van der Waals surface area contributed by atoms with Gasteiger partial charge in [-0.2, -0.15) is 0 Å². The first kappa shape index (κ1) is 17.8. The van der Waals surface area contributed by atoms with Crippen LogP contribution in [0.5, 0.6) is 5.75 Å². The second-order valence-corrected chi connectivity index (χ2v) is 8.73. The van der Waals surface area contributed by atoms with Crippen LogP contribution < -0.4 is 14.8 Å². The van der Waals surface area contributed by atoms with Gasteiger partial charge < -0.3 is 10.1 Å². The molecule has 2 aromatic carbocycles. The molecule has 1 atom stereocenters. The van der Waals surface area contributed by atoms with Crippen molar-refractivity contribution in [2.24, 2.45) is 0 Å². The number of methoxy groups -OCH3 is 1. The molecule has 0 spiro atoms. The smallest absolute Gasteiger partial charge is 0.240 e. The number of carbonyl (C=O) groups excluding carboxylic acids is 1. The maximum Gasteiger partial charge on any atom is 0.240 e. The lowest BCUT2D eigenvalue weighted by Crippen LogP contribution is -2.27. The Kier molecular flexibility index (Phi) is 5.03. The van der Waals surface area contributed by atoms with Crippen molar-refractivity contribution >= 4 is 33.4 Å². The molecule has 0 fully saturated rings. The van der Waals surface area contributed by atoms with E-state index < -0.39 is 10.0 Å². The second kappa shape index (κ2) is 7.07. The van der Waals surface area contributed by atoms with E-state index in [2.05, 4.69) is 10.0 Å². The summed E-state index contributed by atoms with van der Waals surface area (Å²) < 4.78 is 32.8. The Morgan fingerprint density at radius 2 is 2.04 bits per heavy atom. The molecule has 0 saturated heterocycles. The van der Waals surface area contributed by atoms with Crippen LogP contribution in [0.15, 0.2) is 52.3 Å². The van der Waals surface area contributed by atoms with E-state index in [0.29, 0.717) is 11.4 Å². The third-order valence-corrected chi connectivity index (χ3v) is 6.37. The van der Waals surface area contributed by atoms with E-state index in [-0.39, 0.29) is 22.6 Å². The van der Waals surface area contributed by atoms with Gasteiger partial charge in [-0.15, -0.1) is 11.8 Å². The summed E-state index contributed by atoms with van der Waals surface area (Å²) in [5, 5.41) is 2.55. The van der Waals surface area contributed by atoms with Gasteiger partial charge in [-0.1, -0.05) is 12.1 Å². The molecule has 2 N–H and O–H groups in total. The van der Waals surface area contributed by atoms with Crippen LogP contribution in [0, 0.1) is 0 Å². The number of hydrogen-bond acceptors (Lipinski definition) is 5. The van der Waals surface area contributed by atoms with Gasteiger partial charge >= 0.3 is 0 Å². The molecule has 8 heteroatoms. The normalized spacial score (nSPS) is 16.9. The van der Waals surface area contributed by atoms with E-state index >= 15 is 0 Å². The summed E-state index contributed by atoms with van der Waals surface area (Å²) in [6, 6.07) is 11.9. The van der Waals surface area contributed by atoms with Gasteiger partial charge in [0.1, 0.15) is 5.75 Å². The minimum atomic E-state index is -3.69. The van der Waals surface area contributed by atoms with Crippen molar-refractivity contribution in [2.45, 2.75) is 28.5 Å². The van der Waals surface area contributed by atoms with Crippen molar-refractivity contribution in [1.82, 2.24) is 4.72 Å². The Labute approximate surface area is 151 Å². The van der Waals surface area contributed by atoms with E-state index in [1.165, 1.54) is 17.8 Å². The van der Waals surface area contributed by atoms with Crippen molar-refractivity contribution in [3.63, 3.8) is 0 Å². The Morgan fingerprint density at radius 3 is 2.80 bits per heavy atom. The van der Waals surface area contributed by atoms with Crippen LogP contribution in [0.2, 0.25) is 0 Å². The minimum absolute atomic E-state index is 0.115. The highest BCUT2D eigenvalue weighted by Gasteiger charge is 2.25. The van der Waals surface area contributed by atoms with E-state index in [1.54, 1.807) is 37.4 Å². The maximum atomic E-state index is 12.5. The number of carbonyl (C=O) groups is 1. The third-order valence-electron chi connectivity index (χ3n) is 3.79. The molecule has 1 aliphatic heterocycles. The van der Waals surface area contributed by atoms with Crippen molar-refractivity contribution in [1.29, 1.82) is 0 Å². The van der Waals surface area contributed by atoms with Crippen LogP contribution in [-0.4, -0.2) is 26.7 Å². The quantitative estimate of drug-likeness (QED) is 0.835. The number of sulfonamides is 1. The Hall–Kier alpha value is -2.03. The largest absolute Gasteiger partial charge is 0.497 e. The molecule has 25 heavy (non-hydrogen) atoms. The number of amides is 1. The molecule has 132 valence electrons. The SMILES string of the molecule is COc1cccc(CNS(=O)(=O)c2ccc3c(c2)NC(=O)[C@H](C)S3)c1. The number of fused-ring (bicyclic) bond motifs is 1. The zero-order valence-electron chi connectivity index (χ0n) is 13.8. The molecule has 0 radical (unpaired) electrons. The van der Waals surface area contributed by atoms with Crippen LogP contribution >= 0.6 is 11.8 Å². The molecule has 6 nitrogen and oxygen atoms in total. The van der Waals surface area contributed by atoms with Crippen molar-refractivity contribution in [3.05, 3.63) is 48.0 Å². The lowest BCUT2D eigenvalue weighted by molar-refractivity contribution is -0.115. The van der Waals surface area contributed by atoms with Gasteiger partial charge in [0.05, 0.1) is 22.9 Å². The Morgan fingerprint density at radius 1 is 1.24 bits per heavy atom. The molecule has 0 bridgehead atoms. The predicted octanol–water partition coefficient (Wildman–Crippen LogP) is 2.61. The van der Waals surface area contributed by atoms with E-state index in [0.717, 1.165) is 10.5 Å². The summed E-state index contributed by atoms with van der Waals surface area (Å²) >= 11 is 1.41. The third kappa shape index (κ3) is 3.97. The highest BCUT2D eigenvalue weighted by Crippen LogP contribution is 2.36. The van der Waals surface area contributed by atoms with E-state index in [4.69, 9.17) is 4.74 Å². The predicted molar refractivity (Wildman–Crippen MR) is 97.4 cm³/mol. The molecule has 0 saturated carbocycles. The molecule has 0 aromatic heterocycles. The number of thioether (sulfide) groups is 1. The fourth-order valence-electron chi connectivity index (χ4n) is 2.40. The number of rotatable bonds is 5. The van der Waals surface area contributed by atoms with Gasteiger partial charge in [0.2, 0.25) is 15.9 Å². The molecule has 3 rings (SSSR count). The fourth-order valence-corrected chi connectivity index (χ4v) is 4.37. The molecule has 2 aromatic rings. The molecule has 1 amide bonds. The first-order chi connectivity index (χ1) is 11.9. The number of anilines is 1. The van der Waals surface area contributed by atoms with Crippen molar-refractivity contribution in [3.8, 4) is 5.75 Å². The molecule has 1 aliphatic rings. The summed E-state index contributed by atoms with van der Waals surface area (Å²) in [7, 11) is -2.13. The summed E-state index contributed by atoms with van der Waals surface area (Å²) in [4.78, 5) is 12.8. The van der Waals surface area contributed by atoms with Crippen molar-refractivity contribution in [2.75, 3.05) is 12.4 Å². The first-order valence-corrected chi connectivity index (χ1v) is 9.99. The minimum Gasteiger partial charge on any atom is -0.497 e. The van der Waals surface area contributed by atoms with Crippen LogP contribution in [0.1, 0.15) is 12.5 Å². The number of ether oxygens (including phenoxy) is 1. The maximum absolute atomic E-state index is 12.5. The van der Waals surface area contributed by atoms with Crippen LogP contribution in [0.25, 0.3) is 0 Å². The molecular formula is C17H18N2O4S2. The lowest BCUT2D eigenvalue weighted by atomic mass is 10.2. The van der Waals surface area contributed by atoms with Gasteiger partial charge in [-0.25, -0.2) is 13.1 Å². The fraction of sp³-hybridized carbons (Fsp3) is 0.235. The number of nitrogens with one attached hydrogen (secondary N) is 2. The zero-order valence-corrected chi connectivity index (χ0v) is 15.4. The van der Waals surface area contributed by atoms with Gasteiger partial charge in [0.25, 0.3) is 0 Å². The molecule has 0 unspecified atom stereocenters. The highest BCUT2D eigenvalue weighted by atomic mass is 32.2. The number of benzene rings is 2. The molecule has 1 heterocycles. The monoisotopic (exact) mass is 378 g/mol. The summed E-state index contributed by atoms with van der Waals surface area (Å²) in [5.41, 5.74) is 1.32. The van der Waals surface area contributed by atoms with Crippen LogP contribution in [-0.2, 0) is 21.4 Å². The average molecular weight is 378 g/mol. The van der Waals surface area contributed by atoms with Crippen LogP contribution in [0.4, 0.5) is 5.69 Å².